The molecule has 3 rings (SSSR count). The average molecular weight is 448 g/mol. The molecule has 0 fully saturated rings. The van der Waals surface area contributed by atoms with Gasteiger partial charge >= 0.3 is 6.09 Å². The standard InChI is InChI=1S/C21H22FN3O3S2/c1-2-28-21(27)25-10-9-16-17(12-23)20(30-18(16)13-25)24-19(26)4-3-11-29-15-7-5-14(22)6-8-15/h5-8H,2-4,9-11,13H2,1H3,(H,24,26). The summed E-state index contributed by atoms with van der Waals surface area (Å²) < 4.78 is 18.0. The van der Waals surface area contributed by atoms with Crippen molar-refractivity contribution in [3.63, 3.8) is 0 Å². The number of benzene rings is 1. The SMILES string of the molecule is CCOC(=O)N1CCc2c(sc(NC(=O)CCCSc3ccc(F)cc3)c2C#N)C1. The Morgan fingerprint density at radius 1 is 1.37 bits per heavy atom. The van der Waals surface area contributed by atoms with Gasteiger partial charge in [0.2, 0.25) is 5.91 Å². The van der Waals surface area contributed by atoms with Crippen LogP contribution in [0.15, 0.2) is 29.2 Å². The number of hydrogen-bond donors (Lipinski definition) is 1. The summed E-state index contributed by atoms with van der Waals surface area (Å²) in [5, 5.41) is 13.0. The third-order valence-corrected chi connectivity index (χ3v) is 6.81. The topological polar surface area (TPSA) is 82.4 Å². The highest BCUT2D eigenvalue weighted by Crippen LogP contribution is 2.37. The average Bonchev–Trinajstić information content (AvgIpc) is 3.08. The smallest absolute Gasteiger partial charge is 0.410 e. The number of nitrogens with one attached hydrogen (secondary N) is 1. The van der Waals surface area contributed by atoms with Crippen LogP contribution in [0.5, 0.6) is 0 Å². The van der Waals surface area contributed by atoms with Crippen LogP contribution in [0.1, 0.15) is 35.8 Å². The summed E-state index contributed by atoms with van der Waals surface area (Å²) in [4.78, 5) is 27.8. The van der Waals surface area contributed by atoms with E-state index in [4.69, 9.17) is 4.74 Å². The van der Waals surface area contributed by atoms with E-state index in [-0.39, 0.29) is 17.8 Å². The first-order valence-corrected chi connectivity index (χ1v) is 11.5. The van der Waals surface area contributed by atoms with Crippen molar-refractivity contribution in [1.29, 1.82) is 5.26 Å². The van der Waals surface area contributed by atoms with Crippen molar-refractivity contribution in [1.82, 2.24) is 4.90 Å². The highest BCUT2D eigenvalue weighted by Gasteiger charge is 2.28. The van der Waals surface area contributed by atoms with Crippen LogP contribution in [0.25, 0.3) is 0 Å². The third kappa shape index (κ3) is 5.52. The Balaban J connectivity index is 1.53. The largest absolute Gasteiger partial charge is 0.450 e. The summed E-state index contributed by atoms with van der Waals surface area (Å²) >= 11 is 2.92. The van der Waals surface area contributed by atoms with Crippen molar-refractivity contribution in [2.45, 2.75) is 37.6 Å². The number of halogens is 1. The molecule has 30 heavy (non-hydrogen) atoms. The molecule has 0 spiro atoms. The van der Waals surface area contributed by atoms with Crippen LogP contribution in [-0.2, 0) is 22.5 Å². The quantitative estimate of drug-likeness (QED) is 0.488. The van der Waals surface area contributed by atoms with Crippen LogP contribution in [0.4, 0.5) is 14.2 Å². The maximum atomic E-state index is 12.9. The molecular weight excluding hydrogens is 425 g/mol. The molecule has 1 aliphatic heterocycles. The fourth-order valence-electron chi connectivity index (χ4n) is 3.12. The first-order valence-electron chi connectivity index (χ1n) is 9.66. The Morgan fingerprint density at radius 2 is 2.13 bits per heavy atom. The number of fused-ring (bicyclic) bond motifs is 1. The molecule has 1 aliphatic rings. The number of thiophene rings is 1. The number of ether oxygens (including phenoxy) is 1. The molecule has 6 nitrogen and oxygen atoms in total. The second-order valence-corrected chi connectivity index (χ2v) is 8.92. The molecule has 0 saturated carbocycles. The van der Waals surface area contributed by atoms with E-state index in [2.05, 4.69) is 11.4 Å². The zero-order chi connectivity index (χ0) is 21.5. The van der Waals surface area contributed by atoms with Gasteiger partial charge in [0.25, 0.3) is 0 Å². The van der Waals surface area contributed by atoms with Gasteiger partial charge in [0, 0.05) is 22.7 Å². The molecule has 0 unspecified atom stereocenters. The van der Waals surface area contributed by atoms with Gasteiger partial charge in [-0.25, -0.2) is 9.18 Å². The van der Waals surface area contributed by atoms with Gasteiger partial charge in [-0.3, -0.25) is 4.79 Å². The molecule has 1 N–H and O–H groups in total. The predicted molar refractivity (Wildman–Crippen MR) is 115 cm³/mol. The molecule has 2 aromatic rings. The highest BCUT2D eigenvalue weighted by atomic mass is 32.2. The van der Waals surface area contributed by atoms with Crippen molar-refractivity contribution in [3.05, 3.63) is 46.1 Å². The fraction of sp³-hybridized carbons (Fsp3) is 0.381. The van der Waals surface area contributed by atoms with Gasteiger partial charge in [0.1, 0.15) is 16.9 Å². The summed E-state index contributed by atoms with van der Waals surface area (Å²) in [6.07, 6.45) is 1.20. The molecule has 0 aliphatic carbocycles. The maximum Gasteiger partial charge on any atom is 0.410 e. The number of hydrogen-bond acceptors (Lipinski definition) is 6. The molecule has 0 bridgehead atoms. The number of nitrogens with zero attached hydrogens (tertiary/aromatic N) is 2. The van der Waals surface area contributed by atoms with Gasteiger partial charge in [-0.15, -0.1) is 23.1 Å². The van der Waals surface area contributed by atoms with Crippen LogP contribution in [-0.4, -0.2) is 35.8 Å². The van der Waals surface area contributed by atoms with Crippen LogP contribution < -0.4 is 5.32 Å². The number of carbonyl (C=O) groups excluding carboxylic acids is 2. The van der Waals surface area contributed by atoms with E-state index in [1.807, 2.05) is 0 Å². The predicted octanol–water partition coefficient (Wildman–Crippen LogP) is 4.78. The van der Waals surface area contributed by atoms with Gasteiger partial charge < -0.3 is 15.0 Å². The summed E-state index contributed by atoms with van der Waals surface area (Å²) in [6, 6.07) is 8.47. The normalized spacial score (nSPS) is 12.8. The van der Waals surface area contributed by atoms with E-state index in [9.17, 15) is 19.2 Å². The Hall–Kier alpha value is -2.57. The third-order valence-electron chi connectivity index (χ3n) is 4.58. The zero-order valence-corrected chi connectivity index (χ0v) is 18.2. The van der Waals surface area contributed by atoms with Crippen molar-refractivity contribution < 1.29 is 18.7 Å². The first kappa shape index (κ1) is 22.1. The highest BCUT2D eigenvalue weighted by molar-refractivity contribution is 7.99. The molecule has 0 saturated heterocycles. The van der Waals surface area contributed by atoms with Crippen LogP contribution in [0, 0.1) is 17.1 Å². The number of carbonyl (C=O) groups is 2. The van der Waals surface area contributed by atoms with Crippen molar-refractivity contribution >= 4 is 40.1 Å². The van der Waals surface area contributed by atoms with E-state index in [0.29, 0.717) is 49.5 Å². The number of rotatable bonds is 7. The van der Waals surface area contributed by atoms with Gasteiger partial charge in [-0.2, -0.15) is 5.26 Å². The monoisotopic (exact) mass is 447 g/mol. The second kappa shape index (κ2) is 10.5. The summed E-state index contributed by atoms with van der Waals surface area (Å²) in [6.45, 7) is 2.96. The molecule has 1 aromatic carbocycles. The Labute approximate surface area is 183 Å². The van der Waals surface area contributed by atoms with E-state index < -0.39 is 0 Å². The van der Waals surface area contributed by atoms with Gasteiger partial charge in [-0.1, -0.05) is 0 Å². The number of amides is 2. The van der Waals surface area contributed by atoms with Crippen LogP contribution >= 0.6 is 23.1 Å². The minimum atomic E-state index is -0.362. The van der Waals surface area contributed by atoms with Crippen LogP contribution in [0.2, 0.25) is 0 Å². The number of anilines is 1. The lowest BCUT2D eigenvalue weighted by Crippen LogP contribution is -2.35. The lowest BCUT2D eigenvalue weighted by atomic mass is 10.0. The Kier molecular flexibility index (Phi) is 7.71. The van der Waals surface area contributed by atoms with Gasteiger partial charge in [0.05, 0.1) is 18.7 Å². The molecule has 0 radical (unpaired) electrons. The summed E-state index contributed by atoms with van der Waals surface area (Å²) in [7, 11) is 0. The van der Waals surface area contributed by atoms with Gasteiger partial charge in [-0.05, 0) is 55.3 Å². The lowest BCUT2D eigenvalue weighted by molar-refractivity contribution is -0.116. The Bertz CT molecular complexity index is 954. The zero-order valence-electron chi connectivity index (χ0n) is 16.6. The maximum absolute atomic E-state index is 12.9. The molecule has 9 heteroatoms. The van der Waals surface area contributed by atoms with E-state index >= 15 is 0 Å². The first-order chi connectivity index (χ1) is 14.5. The Morgan fingerprint density at radius 3 is 2.83 bits per heavy atom. The van der Waals surface area contributed by atoms with E-state index in [0.717, 1.165) is 21.1 Å². The molecule has 2 heterocycles. The minimum absolute atomic E-state index is 0.146. The number of thioether (sulfide) groups is 1. The molecule has 158 valence electrons. The summed E-state index contributed by atoms with van der Waals surface area (Å²) in [5.74, 6) is 0.322. The minimum Gasteiger partial charge on any atom is -0.450 e. The fourth-order valence-corrected chi connectivity index (χ4v) is 5.21. The van der Waals surface area contributed by atoms with E-state index in [1.54, 1.807) is 35.7 Å². The second-order valence-electron chi connectivity index (χ2n) is 6.64. The van der Waals surface area contributed by atoms with Crippen molar-refractivity contribution in [3.8, 4) is 6.07 Å². The van der Waals surface area contributed by atoms with Gasteiger partial charge in [0.15, 0.2) is 0 Å². The molecule has 0 atom stereocenters. The summed E-state index contributed by atoms with van der Waals surface area (Å²) in [5.41, 5.74) is 1.40. The lowest BCUT2D eigenvalue weighted by Gasteiger charge is -2.25. The van der Waals surface area contributed by atoms with Crippen molar-refractivity contribution in [2.75, 3.05) is 24.2 Å². The number of nitriles is 1. The molecule has 1 aromatic heterocycles. The molecular formula is C21H22FN3O3S2. The molecule has 2 amide bonds. The van der Waals surface area contributed by atoms with E-state index in [1.165, 1.54) is 23.5 Å². The van der Waals surface area contributed by atoms with Crippen molar-refractivity contribution in [2.24, 2.45) is 0 Å². The van der Waals surface area contributed by atoms with Crippen LogP contribution in [0.3, 0.4) is 0 Å².